The van der Waals surface area contributed by atoms with Gasteiger partial charge in [0.15, 0.2) is 0 Å². The summed E-state index contributed by atoms with van der Waals surface area (Å²) >= 11 is 3.24. The van der Waals surface area contributed by atoms with E-state index in [-0.39, 0.29) is 5.91 Å². The molecule has 3 aromatic rings. The first-order valence-corrected chi connectivity index (χ1v) is 11.8. The van der Waals surface area contributed by atoms with Crippen LogP contribution in [-0.2, 0) is 18.8 Å². The Balaban J connectivity index is 1.56. The van der Waals surface area contributed by atoms with Crippen molar-refractivity contribution < 1.29 is 4.79 Å². The average molecular weight is 426 g/mol. The van der Waals surface area contributed by atoms with E-state index in [1.807, 2.05) is 35.2 Å². The molecule has 29 heavy (non-hydrogen) atoms. The average Bonchev–Trinajstić information content (AvgIpc) is 3.29. The predicted molar refractivity (Wildman–Crippen MR) is 122 cm³/mol. The van der Waals surface area contributed by atoms with Gasteiger partial charge in [0.1, 0.15) is 0 Å². The number of amides is 1. The summed E-state index contributed by atoms with van der Waals surface area (Å²) in [7, 11) is 0. The molecule has 3 rings (SSSR count). The van der Waals surface area contributed by atoms with E-state index in [0.29, 0.717) is 12.1 Å². The Hall–Kier alpha value is -2.15. The van der Waals surface area contributed by atoms with Gasteiger partial charge in [-0.3, -0.25) is 9.69 Å². The Morgan fingerprint density at radius 1 is 1.07 bits per heavy atom. The van der Waals surface area contributed by atoms with Gasteiger partial charge in [0.2, 0.25) is 0 Å². The molecule has 1 heterocycles. The third-order valence-corrected chi connectivity index (χ3v) is 6.51. The van der Waals surface area contributed by atoms with Crippen molar-refractivity contribution in [3.8, 4) is 0 Å². The van der Waals surface area contributed by atoms with Crippen molar-refractivity contribution in [2.75, 3.05) is 13.1 Å². The molecule has 0 saturated heterocycles. The number of benzene rings is 2. The second kappa shape index (κ2) is 11.1. The van der Waals surface area contributed by atoms with E-state index in [2.05, 4.69) is 53.3 Å². The van der Waals surface area contributed by atoms with Crippen molar-refractivity contribution in [3.63, 3.8) is 0 Å². The van der Waals surface area contributed by atoms with Crippen LogP contribution in [0.3, 0.4) is 0 Å². The van der Waals surface area contributed by atoms with E-state index in [0.717, 1.165) is 41.5 Å². The van der Waals surface area contributed by atoms with Crippen LogP contribution in [0.25, 0.3) is 0 Å². The van der Waals surface area contributed by atoms with Gasteiger partial charge in [0, 0.05) is 29.1 Å². The molecule has 2 aromatic carbocycles. The van der Waals surface area contributed by atoms with E-state index < -0.39 is 0 Å². The third kappa shape index (κ3) is 6.42. The van der Waals surface area contributed by atoms with Gasteiger partial charge in [0.25, 0.3) is 5.91 Å². The largest absolute Gasteiger partial charge is 0.348 e. The van der Waals surface area contributed by atoms with Gasteiger partial charge in [0.05, 0.1) is 16.8 Å². The molecule has 0 unspecified atom stereocenters. The maximum atomic E-state index is 12.7. The van der Waals surface area contributed by atoms with Gasteiger partial charge in [-0.1, -0.05) is 50.2 Å². The summed E-state index contributed by atoms with van der Waals surface area (Å²) in [5, 5.41) is 5.10. The van der Waals surface area contributed by atoms with Crippen molar-refractivity contribution in [2.45, 2.75) is 37.6 Å². The summed E-state index contributed by atoms with van der Waals surface area (Å²) < 4.78 is 0. The summed E-state index contributed by atoms with van der Waals surface area (Å²) in [6.07, 6.45) is 0. The smallest absolute Gasteiger partial charge is 0.252 e. The van der Waals surface area contributed by atoms with Gasteiger partial charge in [-0.05, 0) is 36.3 Å². The number of rotatable bonds is 10. The highest BCUT2D eigenvalue weighted by atomic mass is 32.2. The van der Waals surface area contributed by atoms with Crippen LogP contribution >= 0.6 is 23.1 Å². The van der Waals surface area contributed by atoms with Crippen LogP contribution in [0.1, 0.15) is 41.0 Å². The van der Waals surface area contributed by atoms with Gasteiger partial charge in [-0.2, -0.15) is 0 Å². The van der Waals surface area contributed by atoms with Crippen LogP contribution in [-0.4, -0.2) is 28.9 Å². The first-order chi connectivity index (χ1) is 14.2. The second-order valence-electron chi connectivity index (χ2n) is 6.73. The number of carbonyl (C=O) groups is 1. The van der Waals surface area contributed by atoms with Gasteiger partial charge >= 0.3 is 0 Å². The van der Waals surface area contributed by atoms with E-state index in [1.54, 1.807) is 23.1 Å². The molecule has 1 N–H and O–H groups in total. The predicted octanol–water partition coefficient (Wildman–Crippen LogP) is 5.21. The molecule has 0 fully saturated rings. The van der Waals surface area contributed by atoms with Crippen molar-refractivity contribution in [1.29, 1.82) is 0 Å². The quantitative estimate of drug-likeness (QED) is 0.453. The topological polar surface area (TPSA) is 45.2 Å². The van der Waals surface area contributed by atoms with Crippen LogP contribution in [0.5, 0.6) is 0 Å². The molecule has 0 radical (unpaired) electrons. The van der Waals surface area contributed by atoms with Crippen LogP contribution in [0.2, 0.25) is 0 Å². The Morgan fingerprint density at radius 3 is 2.48 bits per heavy atom. The standard InChI is InChI=1S/C23H27N3OS2/c1-3-26(4-2)14-19-11-9-18(10-12-19)13-24-23(27)21-7-5-6-8-22(21)29-16-20-15-28-17-25-20/h5-12,15,17H,3-4,13-14,16H2,1-2H3,(H,24,27). The summed E-state index contributed by atoms with van der Waals surface area (Å²) in [6, 6.07) is 16.2. The maximum absolute atomic E-state index is 12.7. The van der Waals surface area contributed by atoms with Crippen molar-refractivity contribution in [3.05, 3.63) is 81.8 Å². The molecule has 0 saturated carbocycles. The number of hydrogen-bond donors (Lipinski definition) is 1. The maximum Gasteiger partial charge on any atom is 0.252 e. The molecule has 6 heteroatoms. The molecule has 1 amide bonds. The molecule has 0 atom stereocenters. The Bertz CT molecular complexity index is 891. The lowest BCUT2D eigenvalue weighted by Crippen LogP contribution is -2.23. The fourth-order valence-corrected chi connectivity index (χ4v) is 4.60. The number of carbonyl (C=O) groups excluding carboxylic acids is 1. The highest BCUT2D eigenvalue weighted by molar-refractivity contribution is 7.98. The van der Waals surface area contributed by atoms with Crippen molar-refractivity contribution in [1.82, 2.24) is 15.2 Å². The number of aromatic nitrogens is 1. The van der Waals surface area contributed by atoms with Gasteiger partial charge in [-0.15, -0.1) is 23.1 Å². The number of hydrogen-bond acceptors (Lipinski definition) is 5. The minimum Gasteiger partial charge on any atom is -0.348 e. The number of thioether (sulfide) groups is 1. The first kappa shape index (κ1) is 21.6. The van der Waals surface area contributed by atoms with Crippen molar-refractivity contribution in [2.24, 2.45) is 0 Å². The zero-order valence-electron chi connectivity index (χ0n) is 16.9. The minimum absolute atomic E-state index is 0.0430. The minimum atomic E-state index is -0.0430. The summed E-state index contributed by atoms with van der Waals surface area (Å²) in [5.41, 5.74) is 6.00. The molecule has 1 aromatic heterocycles. The van der Waals surface area contributed by atoms with E-state index in [9.17, 15) is 4.79 Å². The monoisotopic (exact) mass is 425 g/mol. The number of thiazole rings is 1. The first-order valence-electron chi connectivity index (χ1n) is 9.86. The SMILES string of the molecule is CCN(CC)Cc1ccc(CNC(=O)c2ccccc2SCc2cscn2)cc1. The molecular weight excluding hydrogens is 398 g/mol. The van der Waals surface area contributed by atoms with E-state index in [4.69, 9.17) is 0 Å². The van der Waals surface area contributed by atoms with Crippen molar-refractivity contribution >= 4 is 29.0 Å². The van der Waals surface area contributed by atoms with Crippen LogP contribution in [0.4, 0.5) is 0 Å². The fourth-order valence-electron chi connectivity index (χ4n) is 2.99. The zero-order chi connectivity index (χ0) is 20.5. The molecule has 0 aliphatic heterocycles. The molecule has 152 valence electrons. The van der Waals surface area contributed by atoms with Gasteiger partial charge < -0.3 is 5.32 Å². The summed E-state index contributed by atoms with van der Waals surface area (Å²) in [4.78, 5) is 20.4. The summed E-state index contributed by atoms with van der Waals surface area (Å²) in [5.74, 6) is 0.723. The molecular formula is C23H27N3OS2. The summed E-state index contributed by atoms with van der Waals surface area (Å²) in [6.45, 7) is 7.95. The number of nitrogens with zero attached hydrogens (tertiary/aromatic N) is 2. The third-order valence-electron chi connectivity index (χ3n) is 4.77. The van der Waals surface area contributed by atoms with Crippen LogP contribution in [0.15, 0.2) is 64.3 Å². The second-order valence-corrected chi connectivity index (χ2v) is 8.46. The Kier molecular flexibility index (Phi) is 8.28. The normalized spacial score (nSPS) is 11.0. The zero-order valence-corrected chi connectivity index (χ0v) is 18.6. The highest BCUT2D eigenvalue weighted by Crippen LogP contribution is 2.26. The Labute approximate surface area is 181 Å². The van der Waals surface area contributed by atoms with Crippen LogP contribution in [0, 0.1) is 0 Å². The van der Waals surface area contributed by atoms with E-state index in [1.165, 1.54) is 5.56 Å². The highest BCUT2D eigenvalue weighted by Gasteiger charge is 2.12. The molecule has 0 aliphatic rings. The van der Waals surface area contributed by atoms with Gasteiger partial charge in [-0.25, -0.2) is 4.98 Å². The van der Waals surface area contributed by atoms with Crippen LogP contribution < -0.4 is 5.32 Å². The molecule has 0 spiro atoms. The fraction of sp³-hybridized carbons (Fsp3) is 0.304. The lowest BCUT2D eigenvalue weighted by molar-refractivity contribution is 0.0948. The Morgan fingerprint density at radius 2 is 1.79 bits per heavy atom. The lowest BCUT2D eigenvalue weighted by Gasteiger charge is -2.18. The molecule has 0 bridgehead atoms. The lowest BCUT2D eigenvalue weighted by atomic mass is 10.1. The molecule has 4 nitrogen and oxygen atoms in total. The molecule has 0 aliphatic carbocycles. The van der Waals surface area contributed by atoms with E-state index >= 15 is 0 Å². The number of nitrogens with one attached hydrogen (secondary N) is 1.